The molecule has 0 saturated carbocycles. The number of hydrogen-bond acceptors (Lipinski definition) is 8. The Labute approximate surface area is 130 Å². The molecule has 4 rings (SSSR count). The first-order valence-electron chi connectivity index (χ1n) is 7.45. The van der Waals surface area contributed by atoms with E-state index in [1.807, 2.05) is 0 Å². The number of aliphatic hydroxyl groups excluding tert-OH is 3. The molecule has 0 spiro atoms. The lowest BCUT2D eigenvalue weighted by molar-refractivity contribution is -0.0432. The van der Waals surface area contributed by atoms with Crippen LogP contribution in [0.4, 0.5) is 5.95 Å². The average molecular weight is 323 g/mol. The van der Waals surface area contributed by atoms with Crippen LogP contribution < -0.4 is 10.9 Å². The summed E-state index contributed by atoms with van der Waals surface area (Å²) in [5, 5.41) is 31.5. The molecule has 2 aromatic heterocycles. The molecule has 0 amide bonds. The second-order valence-corrected chi connectivity index (χ2v) is 5.78. The van der Waals surface area contributed by atoms with Crippen LogP contribution in [0.3, 0.4) is 0 Å². The molecule has 4 atom stereocenters. The van der Waals surface area contributed by atoms with Crippen LogP contribution >= 0.6 is 0 Å². The first kappa shape index (κ1) is 14.6. The van der Waals surface area contributed by atoms with Gasteiger partial charge in [0.25, 0.3) is 5.56 Å². The Bertz CT molecular complexity index is 802. The van der Waals surface area contributed by atoms with Gasteiger partial charge in [0.15, 0.2) is 11.2 Å². The summed E-state index contributed by atoms with van der Waals surface area (Å²) >= 11 is 0. The van der Waals surface area contributed by atoms with Gasteiger partial charge in [-0.15, -0.1) is 0 Å². The standard InChI is InChI=1S/C13H17N5O5/c19-4-7-6(20)3-9(23-7)18-5-14-10-11(18)16-13-15-8(21)1-2-17(13)12(10)22/h5-9,19-21H,1-4H2,(H,15,16)/t6-,7+,8+,9+/m0/s1. The van der Waals surface area contributed by atoms with E-state index in [9.17, 15) is 20.1 Å². The van der Waals surface area contributed by atoms with Crippen molar-refractivity contribution in [1.82, 2.24) is 19.1 Å². The van der Waals surface area contributed by atoms with E-state index >= 15 is 0 Å². The van der Waals surface area contributed by atoms with Crippen molar-refractivity contribution >= 4 is 17.1 Å². The molecule has 10 heteroatoms. The molecule has 1 fully saturated rings. The van der Waals surface area contributed by atoms with Crippen molar-refractivity contribution in [3.8, 4) is 0 Å². The number of aromatic nitrogens is 4. The molecule has 4 N–H and O–H groups in total. The molecule has 2 aromatic rings. The number of hydrogen-bond donors (Lipinski definition) is 4. The SMILES string of the molecule is O=c1c2ncn([C@H]3C[C@H](O)[C@@H](CO)O3)c2nc2n1CC[C@@H](O)N2. The Kier molecular flexibility index (Phi) is 3.34. The van der Waals surface area contributed by atoms with E-state index < -0.39 is 24.7 Å². The van der Waals surface area contributed by atoms with Gasteiger partial charge in [0.1, 0.15) is 18.6 Å². The van der Waals surface area contributed by atoms with Crippen LogP contribution in [0, 0.1) is 0 Å². The maximum Gasteiger partial charge on any atom is 0.283 e. The Hall–Kier alpha value is -2.01. The lowest BCUT2D eigenvalue weighted by atomic mass is 10.2. The molecule has 0 unspecified atom stereocenters. The van der Waals surface area contributed by atoms with E-state index in [1.54, 1.807) is 4.57 Å². The topological polar surface area (TPSA) is 135 Å². The highest BCUT2D eigenvalue weighted by atomic mass is 16.5. The summed E-state index contributed by atoms with van der Waals surface area (Å²) < 4.78 is 8.59. The first-order valence-corrected chi connectivity index (χ1v) is 7.45. The van der Waals surface area contributed by atoms with Crippen LogP contribution in [-0.4, -0.2) is 59.5 Å². The number of rotatable bonds is 2. The molecule has 10 nitrogen and oxygen atoms in total. The van der Waals surface area contributed by atoms with Crippen LogP contribution in [0.1, 0.15) is 19.1 Å². The molecule has 2 aliphatic rings. The van der Waals surface area contributed by atoms with E-state index in [-0.39, 0.29) is 30.1 Å². The number of imidazole rings is 1. The van der Waals surface area contributed by atoms with Gasteiger partial charge in [-0.25, -0.2) is 4.98 Å². The summed E-state index contributed by atoms with van der Waals surface area (Å²) in [5.74, 6) is 0.278. The fourth-order valence-electron chi connectivity index (χ4n) is 3.05. The highest BCUT2D eigenvalue weighted by Gasteiger charge is 2.35. The number of ether oxygens (including phenoxy) is 1. The largest absolute Gasteiger partial charge is 0.394 e. The third-order valence-corrected chi connectivity index (χ3v) is 4.30. The van der Waals surface area contributed by atoms with Gasteiger partial charge in [-0.05, 0) is 0 Å². The molecule has 1 saturated heterocycles. The van der Waals surface area contributed by atoms with Crippen molar-refractivity contribution in [3.63, 3.8) is 0 Å². The van der Waals surface area contributed by atoms with Crippen molar-refractivity contribution in [2.75, 3.05) is 11.9 Å². The smallest absolute Gasteiger partial charge is 0.283 e. The van der Waals surface area contributed by atoms with Gasteiger partial charge in [0.05, 0.1) is 19.0 Å². The normalized spacial score (nSPS) is 30.4. The van der Waals surface area contributed by atoms with E-state index in [1.165, 1.54) is 10.9 Å². The second kappa shape index (κ2) is 5.27. The van der Waals surface area contributed by atoms with Crippen molar-refractivity contribution in [3.05, 3.63) is 16.7 Å². The van der Waals surface area contributed by atoms with E-state index in [0.29, 0.717) is 18.6 Å². The highest BCUT2D eigenvalue weighted by Crippen LogP contribution is 2.30. The van der Waals surface area contributed by atoms with Gasteiger partial charge in [0, 0.05) is 19.4 Å². The summed E-state index contributed by atoms with van der Waals surface area (Å²) in [7, 11) is 0. The summed E-state index contributed by atoms with van der Waals surface area (Å²) in [5.41, 5.74) is 0.233. The first-order chi connectivity index (χ1) is 11.1. The molecule has 0 aromatic carbocycles. The molecular weight excluding hydrogens is 306 g/mol. The molecule has 0 aliphatic carbocycles. The minimum atomic E-state index is -0.791. The van der Waals surface area contributed by atoms with Gasteiger partial charge < -0.3 is 25.4 Å². The fraction of sp³-hybridized carbons (Fsp3) is 0.615. The van der Waals surface area contributed by atoms with Gasteiger partial charge >= 0.3 is 0 Å². The van der Waals surface area contributed by atoms with Gasteiger partial charge in [-0.1, -0.05) is 0 Å². The summed E-state index contributed by atoms with van der Waals surface area (Å²) in [6, 6.07) is 0. The molecular formula is C13H17N5O5. The number of anilines is 1. The average Bonchev–Trinajstić information content (AvgIpc) is 3.10. The monoisotopic (exact) mass is 323 g/mol. The number of nitrogens with one attached hydrogen (secondary N) is 1. The Morgan fingerprint density at radius 1 is 1.43 bits per heavy atom. The molecule has 124 valence electrons. The highest BCUT2D eigenvalue weighted by molar-refractivity contribution is 5.71. The van der Waals surface area contributed by atoms with Crippen LogP contribution in [0.15, 0.2) is 11.1 Å². The zero-order valence-corrected chi connectivity index (χ0v) is 12.2. The lowest BCUT2D eigenvalue weighted by Crippen LogP contribution is -2.36. The maximum absolute atomic E-state index is 12.5. The summed E-state index contributed by atoms with van der Waals surface area (Å²) in [6.07, 6.45) is -0.644. The Morgan fingerprint density at radius 3 is 3.00 bits per heavy atom. The zero-order valence-electron chi connectivity index (χ0n) is 12.2. The molecule has 0 bridgehead atoms. The third kappa shape index (κ3) is 2.22. The second-order valence-electron chi connectivity index (χ2n) is 5.78. The predicted molar refractivity (Wildman–Crippen MR) is 77.7 cm³/mol. The minimum Gasteiger partial charge on any atom is -0.394 e. The van der Waals surface area contributed by atoms with Crippen molar-refractivity contribution < 1.29 is 20.1 Å². The summed E-state index contributed by atoms with van der Waals surface area (Å²) in [4.78, 5) is 21.0. The zero-order chi connectivity index (χ0) is 16.1. The van der Waals surface area contributed by atoms with Crippen molar-refractivity contribution in [2.45, 2.75) is 44.1 Å². The molecule has 4 heterocycles. The number of nitrogens with zero attached hydrogens (tertiary/aromatic N) is 4. The Balaban J connectivity index is 1.79. The van der Waals surface area contributed by atoms with Crippen LogP contribution in [-0.2, 0) is 11.3 Å². The fourth-order valence-corrected chi connectivity index (χ4v) is 3.05. The van der Waals surface area contributed by atoms with Gasteiger partial charge in [-0.3, -0.25) is 13.9 Å². The molecule has 0 radical (unpaired) electrons. The Morgan fingerprint density at radius 2 is 2.26 bits per heavy atom. The van der Waals surface area contributed by atoms with E-state index in [4.69, 9.17) is 4.74 Å². The third-order valence-electron chi connectivity index (χ3n) is 4.30. The van der Waals surface area contributed by atoms with Gasteiger partial charge in [0.2, 0.25) is 5.95 Å². The van der Waals surface area contributed by atoms with E-state index in [0.717, 1.165) is 0 Å². The molecule has 23 heavy (non-hydrogen) atoms. The van der Waals surface area contributed by atoms with E-state index in [2.05, 4.69) is 15.3 Å². The quantitative estimate of drug-likeness (QED) is 0.517. The van der Waals surface area contributed by atoms with Crippen molar-refractivity contribution in [1.29, 1.82) is 0 Å². The maximum atomic E-state index is 12.5. The van der Waals surface area contributed by atoms with Crippen LogP contribution in [0.2, 0.25) is 0 Å². The number of aliphatic hydroxyl groups is 3. The van der Waals surface area contributed by atoms with Crippen LogP contribution in [0.5, 0.6) is 0 Å². The van der Waals surface area contributed by atoms with Gasteiger partial charge in [-0.2, -0.15) is 4.98 Å². The summed E-state index contributed by atoms with van der Waals surface area (Å²) in [6.45, 7) is 0.0763. The van der Waals surface area contributed by atoms with Crippen molar-refractivity contribution in [2.24, 2.45) is 0 Å². The predicted octanol–water partition coefficient (Wildman–Crippen LogP) is -1.63. The number of fused-ring (bicyclic) bond motifs is 2. The lowest BCUT2D eigenvalue weighted by Gasteiger charge is -2.23. The molecule has 2 aliphatic heterocycles. The minimum absolute atomic E-state index is 0.206. The van der Waals surface area contributed by atoms with Crippen LogP contribution in [0.25, 0.3) is 11.2 Å².